The van der Waals surface area contributed by atoms with Gasteiger partial charge < -0.3 is 4.74 Å². The lowest BCUT2D eigenvalue weighted by molar-refractivity contribution is 0.340. The highest BCUT2D eigenvalue weighted by Gasteiger charge is 2.18. The van der Waals surface area contributed by atoms with Gasteiger partial charge in [0.1, 0.15) is 10.6 Å². The topological polar surface area (TPSA) is 44.1 Å². The number of aromatic nitrogens is 2. The molecular weight excluding hydrogens is 364 g/mol. The fourth-order valence-corrected chi connectivity index (χ4v) is 5.05. The van der Waals surface area contributed by atoms with Crippen molar-refractivity contribution in [1.29, 1.82) is 0 Å². The van der Waals surface area contributed by atoms with Crippen LogP contribution in [-0.4, -0.2) is 21.9 Å². The number of thioether (sulfide) groups is 1. The highest BCUT2D eigenvalue weighted by molar-refractivity contribution is 7.99. The first-order valence-electron chi connectivity index (χ1n) is 9.01. The minimum absolute atomic E-state index is 0.0196. The molecule has 0 unspecified atom stereocenters. The average molecular weight is 389 g/mol. The molecule has 0 bridgehead atoms. The first-order chi connectivity index (χ1) is 12.6. The number of hydrogen-bond acceptors (Lipinski definition) is 5. The van der Waals surface area contributed by atoms with E-state index in [2.05, 4.69) is 13.8 Å². The van der Waals surface area contributed by atoms with Crippen LogP contribution in [0.2, 0.25) is 0 Å². The molecule has 4 nitrogen and oxygen atoms in total. The van der Waals surface area contributed by atoms with Crippen LogP contribution in [0.3, 0.4) is 0 Å². The Labute approximate surface area is 162 Å². The normalized spacial score (nSPS) is 11.2. The van der Waals surface area contributed by atoms with Crippen LogP contribution >= 0.6 is 23.1 Å². The second kappa shape index (κ2) is 8.27. The van der Waals surface area contributed by atoms with E-state index in [-0.39, 0.29) is 5.56 Å². The highest BCUT2D eigenvalue weighted by atomic mass is 32.2. The van der Waals surface area contributed by atoms with Gasteiger partial charge in [0.2, 0.25) is 0 Å². The summed E-state index contributed by atoms with van der Waals surface area (Å²) < 4.78 is 7.26. The number of nitrogens with zero attached hydrogens (tertiary/aromatic N) is 2. The number of thiophene rings is 1. The van der Waals surface area contributed by atoms with Gasteiger partial charge in [-0.1, -0.05) is 32.0 Å². The smallest absolute Gasteiger partial charge is 0.267 e. The number of benzene rings is 1. The Morgan fingerprint density at radius 3 is 2.54 bits per heavy atom. The molecule has 0 fully saturated rings. The molecule has 26 heavy (non-hydrogen) atoms. The fourth-order valence-electron chi connectivity index (χ4n) is 2.99. The molecule has 138 valence electrons. The zero-order chi connectivity index (χ0) is 18.7. The Hall–Kier alpha value is -1.79. The summed E-state index contributed by atoms with van der Waals surface area (Å²) in [7, 11) is 0. The summed E-state index contributed by atoms with van der Waals surface area (Å²) in [5.41, 5.74) is 1.93. The van der Waals surface area contributed by atoms with Gasteiger partial charge in [-0.2, -0.15) is 0 Å². The second-order valence-electron chi connectivity index (χ2n) is 5.98. The molecule has 0 amide bonds. The standard InChI is InChI=1S/C20H24N2O2S2/c1-5-8-16-13(4)17-18(26-16)21-20(25-7-3)22(19(17)23)14-9-11-15(12-10-14)24-6-2/h9-12H,5-8H2,1-4H3. The van der Waals surface area contributed by atoms with Gasteiger partial charge in [-0.25, -0.2) is 4.98 Å². The van der Waals surface area contributed by atoms with Crippen molar-refractivity contribution >= 4 is 33.3 Å². The van der Waals surface area contributed by atoms with Crippen LogP contribution < -0.4 is 10.3 Å². The van der Waals surface area contributed by atoms with E-state index in [9.17, 15) is 4.79 Å². The first kappa shape index (κ1) is 19.0. The molecule has 2 heterocycles. The second-order valence-corrected chi connectivity index (χ2v) is 8.29. The number of ether oxygens (including phenoxy) is 1. The van der Waals surface area contributed by atoms with Crippen molar-refractivity contribution in [2.45, 2.75) is 45.7 Å². The molecule has 0 aliphatic heterocycles. The SMILES string of the molecule is CCCc1sc2nc(SCC)n(-c3ccc(OCC)cc3)c(=O)c2c1C. The first-order valence-corrected chi connectivity index (χ1v) is 10.8. The van der Waals surface area contributed by atoms with Crippen LogP contribution in [0.15, 0.2) is 34.2 Å². The van der Waals surface area contributed by atoms with E-state index < -0.39 is 0 Å². The maximum Gasteiger partial charge on any atom is 0.267 e. The largest absolute Gasteiger partial charge is 0.494 e. The molecule has 0 spiro atoms. The third-order valence-corrected chi connectivity index (χ3v) is 6.26. The van der Waals surface area contributed by atoms with Crippen molar-refractivity contribution in [2.24, 2.45) is 0 Å². The molecule has 6 heteroatoms. The minimum Gasteiger partial charge on any atom is -0.494 e. The minimum atomic E-state index is 0.0196. The van der Waals surface area contributed by atoms with Gasteiger partial charge in [0.15, 0.2) is 5.16 Å². The molecule has 0 aliphatic rings. The van der Waals surface area contributed by atoms with Crippen LogP contribution in [0.5, 0.6) is 5.75 Å². The molecule has 0 N–H and O–H groups in total. The van der Waals surface area contributed by atoms with Crippen molar-refractivity contribution in [2.75, 3.05) is 12.4 Å². The molecule has 3 aromatic rings. The molecule has 3 rings (SSSR count). The number of rotatable bonds is 7. The number of aryl methyl sites for hydroxylation is 2. The zero-order valence-corrected chi connectivity index (χ0v) is 17.3. The van der Waals surface area contributed by atoms with E-state index in [1.807, 2.05) is 38.1 Å². The summed E-state index contributed by atoms with van der Waals surface area (Å²) in [6.07, 6.45) is 2.06. The molecule has 2 aromatic heterocycles. The molecular formula is C20H24N2O2S2. The van der Waals surface area contributed by atoms with Crippen LogP contribution in [0.4, 0.5) is 0 Å². The molecule has 0 saturated carbocycles. The van der Waals surface area contributed by atoms with Crippen molar-refractivity contribution in [3.8, 4) is 11.4 Å². The number of hydrogen-bond donors (Lipinski definition) is 0. The van der Waals surface area contributed by atoms with Crippen LogP contribution in [-0.2, 0) is 6.42 Å². The summed E-state index contributed by atoms with van der Waals surface area (Å²) in [5.74, 6) is 1.67. The van der Waals surface area contributed by atoms with Gasteiger partial charge >= 0.3 is 0 Å². The maximum absolute atomic E-state index is 13.4. The Kier molecular flexibility index (Phi) is 6.04. The summed E-state index contributed by atoms with van der Waals surface area (Å²) in [6.45, 7) is 8.86. The van der Waals surface area contributed by atoms with E-state index >= 15 is 0 Å². The monoisotopic (exact) mass is 388 g/mol. The average Bonchev–Trinajstić information content (AvgIpc) is 2.93. The lowest BCUT2D eigenvalue weighted by atomic mass is 10.1. The quantitative estimate of drug-likeness (QED) is 0.411. The van der Waals surface area contributed by atoms with Crippen molar-refractivity contribution in [3.63, 3.8) is 0 Å². The lowest BCUT2D eigenvalue weighted by Crippen LogP contribution is -2.21. The predicted octanol–water partition coefficient (Wildman–Crippen LogP) is 5.22. The molecule has 0 saturated heterocycles. The third-order valence-electron chi connectivity index (χ3n) is 4.19. The van der Waals surface area contributed by atoms with Crippen molar-refractivity contribution in [3.05, 3.63) is 45.1 Å². The molecule has 0 radical (unpaired) electrons. The Bertz CT molecular complexity index is 959. The summed E-state index contributed by atoms with van der Waals surface area (Å²) in [4.78, 5) is 20.3. The fraction of sp³-hybridized carbons (Fsp3) is 0.400. The van der Waals surface area contributed by atoms with Gasteiger partial charge in [-0.05, 0) is 55.9 Å². The van der Waals surface area contributed by atoms with Crippen molar-refractivity contribution < 1.29 is 4.74 Å². The summed E-state index contributed by atoms with van der Waals surface area (Å²) in [5, 5.41) is 1.51. The Morgan fingerprint density at radius 1 is 1.19 bits per heavy atom. The van der Waals surface area contributed by atoms with E-state index in [1.165, 1.54) is 4.88 Å². The molecule has 0 aliphatic carbocycles. The summed E-state index contributed by atoms with van der Waals surface area (Å²) >= 11 is 3.25. The maximum atomic E-state index is 13.4. The van der Waals surface area contributed by atoms with Crippen LogP contribution in [0, 0.1) is 6.92 Å². The van der Waals surface area contributed by atoms with E-state index in [0.29, 0.717) is 6.61 Å². The summed E-state index contributed by atoms with van der Waals surface area (Å²) in [6, 6.07) is 7.65. The lowest BCUT2D eigenvalue weighted by Gasteiger charge is -2.12. The van der Waals surface area contributed by atoms with E-state index in [1.54, 1.807) is 27.7 Å². The highest BCUT2D eigenvalue weighted by Crippen LogP contribution is 2.31. The van der Waals surface area contributed by atoms with Gasteiger partial charge in [0.05, 0.1) is 17.7 Å². The van der Waals surface area contributed by atoms with E-state index in [4.69, 9.17) is 9.72 Å². The van der Waals surface area contributed by atoms with Gasteiger partial charge in [-0.15, -0.1) is 11.3 Å². The van der Waals surface area contributed by atoms with Gasteiger partial charge in [-0.3, -0.25) is 9.36 Å². The predicted molar refractivity (Wildman–Crippen MR) is 112 cm³/mol. The Morgan fingerprint density at radius 2 is 1.92 bits per heavy atom. The molecule has 0 atom stereocenters. The van der Waals surface area contributed by atoms with Crippen LogP contribution in [0.1, 0.15) is 37.6 Å². The number of fused-ring (bicyclic) bond motifs is 1. The van der Waals surface area contributed by atoms with Gasteiger partial charge in [0.25, 0.3) is 5.56 Å². The zero-order valence-electron chi connectivity index (χ0n) is 15.7. The van der Waals surface area contributed by atoms with E-state index in [0.717, 1.165) is 51.0 Å². The Balaban J connectivity index is 2.21. The van der Waals surface area contributed by atoms with Gasteiger partial charge in [0, 0.05) is 4.88 Å². The third kappa shape index (κ3) is 3.53. The van der Waals surface area contributed by atoms with Crippen LogP contribution in [0.25, 0.3) is 15.9 Å². The van der Waals surface area contributed by atoms with Crippen molar-refractivity contribution in [1.82, 2.24) is 9.55 Å². The molecule has 1 aromatic carbocycles.